The Morgan fingerprint density at radius 3 is 2.00 bits per heavy atom. The van der Waals surface area contributed by atoms with Crippen LogP contribution in [0.25, 0.3) is 0 Å². The van der Waals surface area contributed by atoms with Gasteiger partial charge in [-0.05, 0) is 43.5 Å². The van der Waals surface area contributed by atoms with E-state index in [2.05, 4.69) is 58.7 Å². The molecular weight excluding hydrogens is 350 g/mol. The first-order chi connectivity index (χ1) is 13.6. The molecule has 0 saturated carbocycles. The molecule has 5 heteroatoms. The van der Waals surface area contributed by atoms with Crippen molar-refractivity contribution in [2.24, 2.45) is 11.7 Å². The second-order valence-electron chi connectivity index (χ2n) is 7.47. The molecule has 5 nitrogen and oxygen atoms in total. The van der Waals surface area contributed by atoms with Gasteiger partial charge < -0.3 is 11.1 Å². The van der Waals surface area contributed by atoms with Gasteiger partial charge in [-0.25, -0.2) is 0 Å². The smallest absolute Gasteiger partial charge is 0.234 e. The fourth-order valence-corrected chi connectivity index (χ4v) is 3.89. The predicted octanol–water partition coefficient (Wildman–Crippen LogP) is 2.52. The van der Waals surface area contributed by atoms with Crippen LogP contribution in [0.15, 0.2) is 60.7 Å². The van der Waals surface area contributed by atoms with Gasteiger partial charge in [-0.2, -0.15) is 0 Å². The number of rotatable bonds is 8. The fraction of sp³-hybridized carbons (Fsp3) is 0.391. The number of primary amides is 1. The Hall–Kier alpha value is -2.66. The Labute approximate surface area is 166 Å². The zero-order valence-corrected chi connectivity index (χ0v) is 16.2. The van der Waals surface area contributed by atoms with E-state index in [1.807, 2.05) is 12.1 Å². The van der Waals surface area contributed by atoms with Gasteiger partial charge in [-0.15, -0.1) is 0 Å². The van der Waals surface area contributed by atoms with E-state index < -0.39 is 0 Å². The SMILES string of the molecule is NC(=O)C1CCN(CC(=O)NCCC(c2ccccc2)c2ccccc2)CC1. The number of carbonyl (C=O) groups excluding carboxylic acids is 2. The van der Waals surface area contributed by atoms with Gasteiger partial charge in [-0.3, -0.25) is 14.5 Å². The highest BCUT2D eigenvalue weighted by Crippen LogP contribution is 2.27. The minimum Gasteiger partial charge on any atom is -0.369 e. The van der Waals surface area contributed by atoms with Gasteiger partial charge in [0.1, 0.15) is 0 Å². The van der Waals surface area contributed by atoms with E-state index in [0.29, 0.717) is 13.1 Å². The Bertz CT molecular complexity index is 716. The monoisotopic (exact) mass is 379 g/mol. The lowest BCUT2D eigenvalue weighted by Crippen LogP contribution is -2.43. The van der Waals surface area contributed by atoms with E-state index in [-0.39, 0.29) is 23.7 Å². The normalized spacial score (nSPS) is 15.5. The summed E-state index contributed by atoms with van der Waals surface area (Å²) >= 11 is 0. The van der Waals surface area contributed by atoms with Gasteiger partial charge in [0, 0.05) is 18.4 Å². The Balaban J connectivity index is 1.49. The number of likely N-dealkylation sites (tertiary alicyclic amines) is 1. The Morgan fingerprint density at radius 2 is 1.50 bits per heavy atom. The van der Waals surface area contributed by atoms with Gasteiger partial charge >= 0.3 is 0 Å². The standard InChI is InChI=1S/C23H29N3O2/c24-23(28)20-12-15-26(16-13-20)17-22(27)25-14-11-21(18-7-3-1-4-8-18)19-9-5-2-6-10-19/h1-10,20-21H,11-17H2,(H2,24,28)(H,25,27). The molecule has 0 spiro atoms. The van der Waals surface area contributed by atoms with Crippen molar-refractivity contribution in [1.82, 2.24) is 10.2 Å². The van der Waals surface area contributed by atoms with Crippen LogP contribution in [0.5, 0.6) is 0 Å². The highest BCUT2D eigenvalue weighted by Gasteiger charge is 2.24. The molecule has 0 unspecified atom stereocenters. The van der Waals surface area contributed by atoms with Crippen molar-refractivity contribution < 1.29 is 9.59 Å². The number of benzene rings is 2. The minimum absolute atomic E-state index is 0.0393. The maximum Gasteiger partial charge on any atom is 0.234 e. The quantitative estimate of drug-likeness (QED) is 0.740. The van der Waals surface area contributed by atoms with Crippen LogP contribution in [0.4, 0.5) is 0 Å². The molecule has 0 aromatic heterocycles. The van der Waals surface area contributed by atoms with Crippen LogP contribution in [0, 0.1) is 5.92 Å². The number of hydrogen-bond acceptors (Lipinski definition) is 3. The summed E-state index contributed by atoms with van der Waals surface area (Å²) in [5.74, 6) is 0.0280. The number of hydrogen-bond donors (Lipinski definition) is 2. The van der Waals surface area contributed by atoms with E-state index in [9.17, 15) is 9.59 Å². The average molecular weight is 380 g/mol. The number of amides is 2. The zero-order valence-electron chi connectivity index (χ0n) is 16.2. The second-order valence-corrected chi connectivity index (χ2v) is 7.47. The highest BCUT2D eigenvalue weighted by atomic mass is 16.2. The highest BCUT2D eigenvalue weighted by molar-refractivity contribution is 5.78. The molecule has 0 atom stereocenters. The van der Waals surface area contributed by atoms with Crippen LogP contribution < -0.4 is 11.1 Å². The lowest BCUT2D eigenvalue weighted by atomic mass is 9.88. The van der Waals surface area contributed by atoms with Crippen LogP contribution in [0.2, 0.25) is 0 Å². The van der Waals surface area contributed by atoms with Gasteiger partial charge in [-0.1, -0.05) is 60.7 Å². The molecule has 0 bridgehead atoms. The molecule has 1 saturated heterocycles. The lowest BCUT2D eigenvalue weighted by molar-refractivity contribution is -0.124. The largest absolute Gasteiger partial charge is 0.369 e. The molecule has 1 aliphatic heterocycles. The molecule has 1 aliphatic rings. The number of nitrogens with one attached hydrogen (secondary N) is 1. The topological polar surface area (TPSA) is 75.4 Å². The summed E-state index contributed by atoms with van der Waals surface area (Å²) in [5, 5.41) is 3.06. The third-order valence-corrected chi connectivity index (χ3v) is 5.52. The Morgan fingerprint density at radius 1 is 0.964 bits per heavy atom. The first kappa shape index (κ1) is 20.1. The molecule has 1 fully saturated rings. The number of piperidine rings is 1. The summed E-state index contributed by atoms with van der Waals surface area (Å²) in [5.41, 5.74) is 7.89. The molecule has 28 heavy (non-hydrogen) atoms. The molecule has 2 aromatic rings. The van der Waals surface area contributed by atoms with Crippen LogP contribution in [-0.2, 0) is 9.59 Å². The second kappa shape index (κ2) is 10.0. The summed E-state index contributed by atoms with van der Waals surface area (Å²) in [7, 11) is 0. The molecule has 148 valence electrons. The van der Waals surface area contributed by atoms with Gasteiger partial charge in [0.25, 0.3) is 0 Å². The van der Waals surface area contributed by atoms with Crippen LogP contribution in [-0.4, -0.2) is 42.9 Å². The first-order valence-electron chi connectivity index (χ1n) is 10.0. The maximum atomic E-state index is 12.3. The molecule has 3 rings (SSSR count). The third-order valence-electron chi connectivity index (χ3n) is 5.52. The fourth-order valence-electron chi connectivity index (χ4n) is 3.89. The minimum atomic E-state index is -0.225. The predicted molar refractivity (Wildman–Crippen MR) is 111 cm³/mol. The average Bonchev–Trinajstić information content (AvgIpc) is 2.73. The molecule has 2 amide bonds. The number of carbonyl (C=O) groups is 2. The van der Waals surface area contributed by atoms with E-state index in [1.165, 1.54) is 11.1 Å². The maximum absolute atomic E-state index is 12.3. The summed E-state index contributed by atoms with van der Waals surface area (Å²) in [6.45, 7) is 2.51. The van der Waals surface area contributed by atoms with Crippen LogP contribution >= 0.6 is 0 Å². The molecule has 0 aliphatic carbocycles. The summed E-state index contributed by atoms with van der Waals surface area (Å²) in [6, 6.07) is 20.8. The van der Waals surface area contributed by atoms with Crippen molar-refractivity contribution in [3.8, 4) is 0 Å². The molecule has 3 N–H and O–H groups in total. The zero-order chi connectivity index (χ0) is 19.8. The number of nitrogens with zero attached hydrogens (tertiary/aromatic N) is 1. The van der Waals surface area contributed by atoms with Crippen molar-refractivity contribution in [2.45, 2.75) is 25.2 Å². The van der Waals surface area contributed by atoms with Crippen molar-refractivity contribution in [2.75, 3.05) is 26.2 Å². The molecule has 1 heterocycles. The van der Waals surface area contributed by atoms with E-state index >= 15 is 0 Å². The third kappa shape index (κ3) is 5.67. The van der Waals surface area contributed by atoms with E-state index in [0.717, 1.165) is 32.4 Å². The van der Waals surface area contributed by atoms with Crippen molar-refractivity contribution in [3.63, 3.8) is 0 Å². The van der Waals surface area contributed by atoms with E-state index in [4.69, 9.17) is 5.73 Å². The van der Waals surface area contributed by atoms with Gasteiger partial charge in [0.15, 0.2) is 0 Å². The summed E-state index contributed by atoms with van der Waals surface area (Å²) in [6.07, 6.45) is 2.34. The number of nitrogens with two attached hydrogens (primary N) is 1. The summed E-state index contributed by atoms with van der Waals surface area (Å²) < 4.78 is 0. The van der Waals surface area contributed by atoms with Gasteiger partial charge in [0.2, 0.25) is 11.8 Å². The summed E-state index contributed by atoms with van der Waals surface area (Å²) in [4.78, 5) is 25.7. The van der Waals surface area contributed by atoms with E-state index in [1.54, 1.807) is 0 Å². The van der Waals surface area contributed by atoms with Crippen molar-refractivity contribution >= 4 is 11.8 Å². The van der Waals surface area contributed by atoms with Crippen molar-refractivity contribution in [1.29, 1.82) is 0 Å². The first-order valence-corrected chi connectivity index (χ1v) is 10.0. The van der Waals surface area contributed by atoms with Crippen LogP contribution in [0.1, 0.15) is 36.3 Å². The van der Waals surface area contributed by atoms with Gasteiger partial charge in [0.05, 0.1) is 6.54 Å². The molecule has 0 radical (unpaired) electrons. The van der Waals surface area contributed by atoms with Crippen molar-refractivity contribution in [3.05, 3.63) is 71.8 Å². The molecule has 2 aromatic carbocycles. The Kier molecular flexibility index (Phi) is 7.20. The van der Waals surface area contributed by atoms with Crippen LogP contribution in [0.3, 0.4) is 0 Å². The lowest BCUT2D eigenvalue weighted by Gasteiger charge is -2.29. The molecular formula is C23H29N3O2.